The molecule has 2 N–H and O–H groups in total. The van der Waals surface area contributed by atoms with Gasteiger partial charge in [0.2, 0.25) is 17.7 Å². The number of nitrogens with one attached hydrogen (secondary N) is 2. The Morgan fingerprint density at radius 3 is 2.55 bits per heavy atom. The van der Waals surface area contributed by atoms with Crippen molar-refractivity contribution in [3.05, 3.63) is 42.0 Å². The molecular formula is C34H50N4O4. The number of amides is 3. The fraction of sp³-hybridized carbons (Fsp3) is 0.676. The topological polar surface area (TPSA) is 91.0 Å². The summed E-state index contributed by atoms with van der Waals surface area (Å²) < 4.78 is 6.54. The first-order valence-corrected chi connectivity index (χ1v) is 16.1. The Morgan fingerprint density at radius 1 is 1.12 bits per heavy atom. The van der Waals surface area contributed by atoms with E-state index in [0.717, 1.165) is 32.2 Å². The molecule has 1 spiro atoms. The van der Waals surface area contributed by atoms with Crippen molar-refractivity contribution >= 4 is 23.4 Å². The highest BCUT2D eigenvalue weighted by Crippen LogP contribution is 2.55. The number of likely N-dealkylation sites (tertiary alicyclic amines) is 1. The molecule has 230 valence electrons. The smallest absolute Gasteiger partial charge is 0.246 e. The Kier molecular flexibility index (Phi) is 9.14. The molecule has 5 rings (SSSR count). The molecule has 6 unspecified atom stereocenters. The van der Waals surface area contributed by atoms with Crippen molar-refractivity contribution in [2.45, 2.75) is 96.4 Å². The molecule has 1 aromatic rings. The summed E-state index contributed by atoms with van der Waals surface area (Å²) in [6.45, 7) is 12.9. The number of anilines is 1. The van der Waals surface area contributed by atoms with E-state index >= 15 is 0 Å². The summed E-state index contributed by atoms with van der Waals surface area (Å²) in [6.07, 6.45) is 8.62. The maximum Gasteiger partial charge on any atom is 0.246 e. The van der Waals surface area contributed by atoms with Crippen LogP contribution in [-0.4, -0.2) is 78.0 Å². The zero-order chi connectivity index (χ0) is 30.2. The van der Waals surface area contributed by atoms with Crippen molar-refractivity contribution in [1.82, 2.24) is 15.1 Å². The molecule has 3 aliphatic heterocycles. The number of hydrogen-bond acceptors (Lipinski definition) is 5. The zero-order valence-corrected chi connectivity index (χ0v) is 26.3. The number of unbranched alkanes of at least 4 members (excludes halogenated alkanes) is 1. The first-order chi connectivity index (χ1) is 20.1. The number of hydrogen-bond donors (Lipinski definition) is 2. The number of carbonyl (C=O) groups is 3. The van der Waals surface area contributed by atoms with Crippen LogP contribution < -0.4 is 10.6 Å². The van der Waals surface area contributed by atoms with E-state index in [9.17, 15) is 14.4 Å². The summed E-state index contributed by atoms with van der Waals surface area (Å²) in [7, 11) is 2.05. The third-order valence-electron chi connectivity index (χ3n) is 10.4. The second-order valence-corrected chi connectivity index (χ2v) is 13.5. The fourth-order valence-electron chi connectivity index (χ4n) is 7.55. The number of rotatable bonds is 11. The minimum atomic E-state index is -1.14. The molecule has 1 aromatic carbocycles. The molecule has 2 saturated heterocycles. The van der Waals surface area contributed by atoms with Crippen LogP contribution in [0.5, 0.6) is 0 Å². The third kappa shape index (κ3) is 5.64. The van der Waals surface area contributed by atoms with E-state index in [1.807, 2.05) is 36.4 Å². The molecule has 1 saturated carbocycles. The third-order valence-corrected chi connectivity index (χ3v) is 10.4. The molecule has 2 bridgehead atoms. The van der Waals surface area contributed by atoms with Gasteiger partial charge in [0.15, 0.2) is 0 Å². The van der Waals surface area contributed by atoms with E-state index in [0.29, 0.717) is 36.5 Å². The molecular weight excluding hydrogens is 528 g/mol. The van der Waals surface area contributed by atoms with Gasteiger partial charge in [0.05, 0.1) is 17.9 Å². The molecule has 3 amide bonds. The molecule has 4 aliphatic rings. The Bertz CT molecular complexity index is 1180. The summed E-state index contributed by atoms with van der Waals surface area (Å²) >= 11 is 0. The molecule has 0 aromatic heterocycles. The van der Waals surface area contributed by atoms with E-state index in [2.05, 4.69) is 57.2 Å². The predicted octanol–water partition coefficient (Wildman–Crippen LogP) is 4.57. The number of benzene rings is 1. The number of carbonyl (C=O) groups excluding carboxylic acids is 3. The lowest BCUT2D eigenvalue weighted by Crippen LogP contribution is -2.58. The van der Waals surface area contributed by atoms with Crippen LogP contribution in [0.3, 0.4) is 0 Å². The second-order valence-electron chi connectivity index (χ2n) is 13.5. The Hall–Kier alpha value is -2.71. The number of ether oxygens (including phenoxy) is 1. The average Bonchev–Trinajstić information content (AvgIpc) is 3.60. The molecule has 42 heavy (non-hydrogen) atoms. The van der Waals surface area contributed by atoms with E-state index < -0.39 is 29.6 Å². The van der Waals surface area contributed by atoms with Gasteiger partial charge in [0.1, 0.15) is 11.6 Å². The Balaban J connectivity index is 1.40. The molecule has 1 aliphatic carbocycles. The van der Waals surface area contributed by atoms with Gasteiger partial charge in [-0.05, 0) is 61.9 Å². The van der Waals surface area contributed by atoms with Crippen molar-refractivity contribution in [2.24, 2.45) is 23.7 Å². The standard InChI is InChI=1S/C34H50N4O4/c1-7-8-18-37(6)19-20-38-30(32(40)36-26-11-9-10-22(4)23(26)5)34-17-16-27(42-34)28(29(34)33(38)41)31(39)35-25-14-12-24(13-15-25)21(2)3/h12-17,21-23,26-30H,7-11,18-20H2,1-6H3,(H,35,39)(H,36,40)/t22?,23?,26?,27-,28?,29-,30?,34?/m1/s1. The van der Waals surface area contributed by atoms with Crippen LogP contribution >= 0.6 is 0 Å². The molecule has 3 fully saturated rings. The SMILES string of the molecule is CCCCN(C)CCN1C(=O)[C@H]2C(C(=O)Nc3ccc(C(C)C)cc3)[C@H]3C=CC2(O3)C1C(=O)NC1CCCC(C)C1C. The molecule has 0 radical (unpaired) electrons. The van der Waals surface area contributed by atoms with E-state index in [-0.39, 0.29) is 23.8 Å². The lowest BCUT2D eigenvalue weighted by molar-refractivity contribution is -0.141. The summed E-state index contributed by atoms with van der Waals surface area (Å²) in [6, 6.07) is 7.11. The quantitative estimate of drug-likeness (QED) is 0.376. The van der Waals surface area contributed by atoms with E-state index in [1.54, 1.807) is 4.90 Å². The van der Waals surface area contributed by atoms with Crippen molar-refractivity contribution in [1.29, 1.82) is 0 Å². The Morgan fingerprint density at radius 2 is 1.86 bits per heavy atom. The van der Waals surface area contributed by atoms with Gasteiger partial charge in [-0.1, -0.05) is 78.2 Å². The monoisotopic (exact) mass is 578 g/mol. The minimum absolute atomic E-state index is 0.0661. The number of nitrogens with zero attached hydrogens (tertiary/aromatic N) is 2. The van der Waals surface area contributed by atoms with E-state index in [4.69, 9.17) is 4.74 Å². The van der Waals surface area contributed by atoms with Crippen LogP contribution in [0.2, 0.25) is 0 Å². The molecule has 8 heteroatoms. The van der Waals surface area contributed by atoms with Crippen LogP contribution in [0, 0.1) is 23.7 Å². The number of likely N-dealkylation sites (N-methyl/N-ethyl adjacent to an activating group) is 1. The molecule has 8 atom stereocenters. The van der Waals surface area contributed by atoms with Crippen LogP contribution in [0.4, 0.5) is 5.69 Å². The molecule has 3 heterocycles. The summed E-state index contributed by atoms with van der Waals surface area (Å²) in [5, 5.41) is 6.38. The maximum absolute atomic E-state index is 14.2. The van der Waals surface area contributed by atoms with Gasteiger partial charge in [0, 0.05) is 24.8 Å². The van der Waals surface area contributed by atoms with Gasteiger partial charge in [0.25, 0.3) is 0 Å². The minimum Gasteiger partial charge on any atom is -0.359 e. The van der Waals surface area contributed by atoms with Gasteiger partial charge < -0.3 is 25.2 Å². The van der Waals surface area contributed by atoms with E-state index in [1.165, 1.54) is 12.0 Å². The Labute approximate surface area is 251 Å². The predicted molar refractivity (Wildman–Crippen MR) is 165 cm³/mol. The van der Waals surface area contributed by atoms with Gasteiger partial charge in [-0.25, -0.2) is 0 Å². The summed E-state index contributed by atoms with van der Waals surface area (Å²) in [5.41, 5.74) is 0.750. The van der Waals surface area contributed by atoms with Gasteiger partial charge in [-0.2, -0.15) is 0 Å². The van der Waals surface area contributed by atoms with Gasteiger partial charge in [-0.3, -0.25) is 14.4 Å². The maximum atomic E-state index is 14.2. The molecule has 8 nitrogen and oxygen atoms in total. The van der Waals surface area contributed by atoms with Crippen LogP contribution in [0.1, 0.15) is 78.2 Å². The largest absolute Gasteiger partial charge is 0.359 e. The second kappa shape index (κ2) is 12.5. The van der Waals surface area contributed by atoms with Crippen LogP contribution in [0.25, 0.3) is 0 Å². The van der Waals surface area contributed by atoms with Crippen molar-refractivity contribution in [2.75, 3.05) is 32.0 Å². The van der Waals surface area contributed by atoms with Gasteiger partial charge in [-0.15, -0.1) is 0 Å². The average molecular weight is 579 g/mol. The zero-order valence-electron chi connectivity index (χ0n) is 26.3. The van der Waals surface area contributed by atoms with Crippen molar-refractivity contribution in [3.8, 4) is 0 Å². The number of fused-ring (bicyclic) bond motifs is 1. The first kappa shape index (κ1) is 30.7. The first-order valence-electron chi connectivity index (χ1n) is 16.1. The lowest BCUT2D eigenvalue weighted by Gasteiger charge is -2.38. The van der Waals surface area contributed by atoms with Crippen molar-refractivity contribution in [3.63, 3.8) is 0 Å². The highest BCUT2D eigenvalue weighted by atomic mass is 16.5. The fourth-order valence-corrected chi connectivity index (χ4v) is 7.55. The lowest BCUT2D eigenvalue weighted by atomic mass is 9.73. The summed E-state index contributed by atoms with van der Waals surface area (Å²) in [5.74, 6) is -0.707. The van der Waals surface area contributed by atoms with Crippen LogP contribution in [-0.2, 0) is 19.1 Å². The van der Waals surface area contributed by atoms with Gasteiger partial charge >= 0.3 is 0 Å². The normalized spacial score (nSPS) is 33.5. The highest BCUT2D eigenvalue weighted by molar-refractivity contribution is 6.02. The highest BCUT2D eigenvalue weighted by Gasteiger charge is 2.72. The van der Waals surface area contributed by atoms with Crippen molar-refractivity contribution < 1.29 is 19.1 Å². The van der Waals surface area contributed by atoms with Crippen LogP contribution in [0.15, 0.2) is 36.4 Å². The summed E-state index contributed by atoms with van der Waals surface area (Å²) in [4.78, 5) is 46.1.